The Bertz CT molecular complexity index is 753. The van der Waals surface area contributed by atoms with Gasteiger partial charge in [0.25, 0.3) is 0 Å². The first kappa shape index (κ1) is 17.6. The van der Waals surface area contributed by atoms with Gasteiger partial charge in [-0.1, -0.05) is 41.9 Å². The fraction of sp³-hybridized carbons (Fsp3) is 0.250. The fourth-order valence-corrected chi connectivity index (χ4v) is 2.98. The summed E-state index contributed by atoms with van der Waals surface area (Å²) in [4.78, 5) is 16.4. The van der Waals surface area contributed by atoms with E-state index in [1.807, 2.05) is 24.3 Å². The third kappa shape index (κ3) is 4.91. The van der Waals surface area contributed by atoms with E-state index in [1.165, 1.54) is 23.8 Å². The molecule has 1 aliphatic heterocycles. The molecule has 2 aromatic carbocycles. The normalized spacial score (nSPS) is 15.7. The van der Waals surface area contributed by atoms with Gasteiger partial charge in [0.2, 0.25) is 5.91 Å². The monoisotopic (exact) mass is 358 g/mol. The summed E-state index contributed by atoms with van der Waals surface area (Å²) < 4.78 is 13.6. The smallest absolute Gasteiger partial charge is 0.246 e. The van der Waals surface area contributed by atoms with Gasteiger partial charge in [0.1, 0.15) is 5.82 Å². The number of carbonyl (C=O) groups excluding carboxylic acids is 1. The maximum Gasteiger partial charge on any atom is 0.246 e. The van der Waals surface area contributed by atoms with Crippen LogP contribution in [0, 0.1) is 5.82 Å². The average Bonchev–Trinajstić information content (AvgIpc) is 2.63. The summed E-state index contributed by atoms with van der Waals surface area (Å²) in [6.45, 7) is 3.84. The van der Waals surface area contributed by atoms with Gasteiger partial charge < -0.3 is 4.90 Å². The molecule has 0 aromatic heterocycles. The second-order valence-electron chi connectivity index (χ2n) is 6.08. The summed E-state index contributed by atoms with van der Waals surface area (Å²) in [5.74, 6) is -0.395. The Morgan fingerprint density at radius 3 is 2.40 bits per heavy atom. The average molecular weight is 359 g/mol. The van der Waals surface area contributed by atoms with Gasteiger partial charge in [-0.3, -0.25) is 9.69 Å². The zero-order valence-electron chi connectivity index (χ0n) is 13.9. The Balaban J connectivity index is 1.50. The summed E-state index contributed by atoms with van der Waals surface area (Å²) >= 11 is 5.90. The van der Waals surface area contributed by atoms with Gasteiger partial charge in [-0.15, -0.1) is 0 Å². The van der Waals surface area contributed by atoms with Crippen molar-refractivity contribution in [2.24, 2.45) is 0 Å². The highest BCUT2D eigenvalue weighted by molar-refractivity contribution is 6.30. The predicted molar refractivity (Wildman–Crippen MR) is 98.7 cm³/mol. The maximum atomic E-state index is 13.6. The highest BCUT2D eigenvalue weighted by Gasteiger charge is 2.19. The number of halogens is 2. The van der Waals surface area contributed by atoms with E-state index in [4.69, 9.17) is 11.6 Å². The standard InChI is InChI=1S/C20H20ClFN2O/c21-18-8-5-16(6-9-18)15-23-11-13-24(14-12-23)20(25)10-7-17-3-1-2-4-19(17)22/h1-10H,11-15H2/b10-7+. The molecular formula is C20H20ClFN2O. The van der Waals surface area contributed by atoms with Crippen LogP contribution in [-0.2, 0) is 11.3 Å². The Kier molecular flexibility index (Phi) is 5.84. The molecule has 25 heavy (non-hydrogen) atoms. The molecule has 1 amide bonds. The lowest BCUT2D eigenvalue weighted by Crippen LogP contribution is -2.47. The molecule has 0 atom stereocenters. The van der Waals surface area contributed by atoms with Crippen molar-refractivity contribution in [2.45, 2.75) is 6.54 Å². The summed E-state index contributed by atoms with van der Waals surface area (Å²) in [6, 6.07) is 14.3. The molecule has 0 N–H and O–H groups in total. The molecule has 0 bridgehead atoms. The molecule has 0 spiro atoms. The van der Waals surface area contributed by atoms with Crippen molar-refractivity contribution in [2.75, 3.05) is 26.2 Å². The Morgan fingerprint density at radius 2 is 1.72 bits per heavy atom. The summed E-state index contributed by atoms with van der Waals surface area (Å²) in [6.07, 6.45) is 2.99. The van der Waals surface area contributed by atoms with Crippen LogP contribution in [0.5, 0.6) is 0 Å². The minimum absolute atomic E-state index is 0.0746. The molecule has 1 fully saturated rings. The number of benzene rings is 2. The number of rotatable bonds is 4. The zero-order valence-corrected chi connectivity index (χ0v) is 14.6. The topological polar surface area (TPSA) is 23.6 Å². The van der Waals surface area contributed by atoms with Gasteiger partial charge in [0, 0.05) is 49.4 Å². The van der Waals surface area contributed by atoms with Crippen LogP contribution in [0.15, 0.2) is 54.6 Å². The third-order valence-electron chi connectivity index (χ3n) is 4.31. The minimum Gasteiger partial charge on any atom is -0.337 e. The van der Waals surface area contributed by atoms with Crippen LogP contribution in [-0.4, -0.2) is 41.9 Å². The molecule has 0 aliphatic carbocycles. The molecule has 1 aliphatic rings. The van der Waals surface area contributed by atoms with E-state index in [9.17, 15) is 9.18 Å². The summed E-state index contributed by atoms with van der Waals surface area (Å²) in [5, 5.41) is 0.737. The minimum atomic E-state index is -0.320. The van der Waals surface area contributed by atoms with Crippen molar-refractivity contribution in [3.05, 3.63) is 76.6 Å². The molecule has 1 saturated heterocycles. The van der Waals surface area contributed by atoms with E-state index >= 15 is 0 Å². The van der Waals surface area contributed by atoms with E-state index in [0.29, 0.717) is 18.7 Å². The van der Waals surface area contributed by atoms with Gasteiger partial charge in [-0.25, -0.2) is 4.39 Å². The number of hydrogen-bond acceptors (Lipinski definition) is 2. The second-order valence-corrected chi connectivity index (χ2v) is 6.52. The van der Waals surface area contributed by atoms with E-state index < -0.39 is 0 Å². The van der Waals surface area contributed by atoms with Gasteiger partial charge in [0.05, 0.1) is 0 Å². The molecule has 0 unspecified atom stereocenters. The van der Waals surface area contributed by atoms with Crippen LogP contribution in [0.1, 0.15) is 11.1 Å². The first-order chi connectivity index (χ1) is 12.1. The van der Waals surface area contributed by atoms with E-state index in [2.05, 4.69) is 4.90 Å². The third-order valence-corrected chi connectivity index (χ3v) is 4.57. The number of nitrogens with zero attached hydrogens (tertiary/aromatic N) is 2. The molecule has 1 heterocycles. The Hall–Kier alpha value is -2.17. The quantitative estimate of drug-likeness (QED) is 0.775. The molecule has 3 rings (SSSR count). The van der Waals surface area contributed by atoms with Crippen molar-refractivity contribution in [3.8, 4) is 0 Å². The molecule has 130 valence electrons. The molecule has 3 nitrogen and oxygen atoms in total. The second kappa shape index (κ2) is 8.28. The molecule has 0 radical (unpaired) electrons. The highest BCUT2D eigenvalue weighted by atomic mass is 35.5. The van der Waals surface area contributed by atoms with Crippen LogP contribution in [0.2, 0.25) is 5.02 Å². The maximum absolute atomic E-state index is 13.6. The van der Waals surface area contributed by atoms with Crippen LogP contribution in [0.3, 0.4) is 0 Å². The number of piperazine rings is 1. The number of amides is 1. The van der Waals surface area contributed by atoms with Crippen molar-refractivity contribution in [1.29, 1.82) is 0 Å². The Morgan fingerprint density at radius 1 is 1.04 bits per heavy atom. The zero-order chi connectivity index (χ0) is 17.6. The summed E-state index contributed by atoms with van der Waals surface area (Å²) in [5.41, 5.74) is 1.64. The fourth-order valence-electron chi connectivity index (χ4n) is 2.85. The number of hydrogen-bond donors (Lipinski definition) is 0. The van der Waals surface area contributed by atoms with Crippen molar-refractivity contribution < 1.29 is 9.18 Å². The SMILES string of the molecule is O=C(/C=C/c1ccccc1F)N1CCN(Cc2ccc(Cl)cc2)CC1. The van der Waals surface area contributed by atoms with Crippen LogP contribution in [0.4, 0.5) is 4.39 Å². The lowest BCUT2D eigenvalue weighted by molar-refractivity contribution is -0.127. The van der Waals surface area contributed by atoms with E-state index in [0.717, 1.165) is 24.7 Å². The molecule has 0 saturated carbocycles. The largest absolute Gasteiger partial charge is 0.337 e. The van der Waals surface area contributed by atoms with E-state index in [-0.39, 0.29) is 11.7 Å². The van der Waals surface area contributed by atoms with Gasteiger partial charge in [-0.05, 0) is 29.8 Å². The van der Waals surface area contributed by atoms with Gasteiger partial charge in [-0.2, -0.15) is 0 Å². The number of carbonyl (C=O) groups is 1. The highest BCUT2D eigenvalue weighted by Crippen LogP contribution is 2.13. The lowest BCUT2D eigenvalue weighted by atomic mass is 10.2. The predicted octanol–water partition coefficient (Wildman–Crippen LogP) is 3.84. The van der Waals surface area contributed by atoms with Crippen LogP contribution >= 0.6 is 11.6 Å². The lowest BCUT2D eigenvalue weighted by Gasteiger charge is -2.34. The molecule has 2 aromatic rings. The van der Waals surface area contributed by atoms with Gasteiger partial charge >= 0.3 is 0 Å². The van der Waals surface area contributed by atoms with Crippen molar-refractivity contribution >= 4 is 23.6 Å². The van der Waals surface area contributed by atoms with E-state index in [1.54, 1.807) is 23.1 Å². The van der Waals surface area contributed by atoms with Crippen LogP contribution in [0.25, 0.3) is 6.08 Å². The van der Waals surface area contributed by atoms with Gasteiger partial charge in [0.15, 0.2) is 0 Å². The first-order valence-electron chi connectivity index (χ1n) is 8.30. The van der Waals surface area contributed by atoms with Crippen molar-refractivity contribution in [3.63, 3.8) is 0 Å². The molecule has 5 heteroatoms. The van der Waals surface area contributed by atoms with Crippen molar-refractivity contribution in [1.82, 2.24) is 9.80 Å². The first-order valence-corrected chi connectivity index (χ1v) is 8.68. The Labute approximate surface area is 152 Å². The van der Waals surface area contributed by atoms with Crippen LogP contribution < -0.4 is 0 Å². The summed E-state index contributed by atoms with van der Waals surface area (Å²) in [7, 11) is 0. The molecular weight excluding hydrogens is 339 g/mol.